The van der Waals surface area contributed by atoms with Gasteiger partial charge in [0.25, 0.3) is 5.91 Å². The van der Waals surface area contributed by atoms with Crippen molar-refractivity contribution in [1.29, 1.82) is 0 Å². The van der Waals surface area contributed by atoms with E-state index in [0.29, 0.717) is 37.1 Å². The summed E-state index contributed by atoms with van der Waals surface area (Å²) >= 11 is 0. The fraction of sp³-hybridized carbons (Fsp3) is 0.364. The van der Waals surface area contributed by atoms with Crippen LogP contribution < -0.4 is 5.32 Å². The highest BCUT2D eigenvalue weighted by Gasteiger charge is 2.31. The van der Waals surface area contributed by atoms with Crippen LogP contribution in [-0.2, 0) is 17.4 Å². The van der Waals surface area contributed by atoms with Crippen LogP contribution in [0.1, 0.15) is 39.9 Å². The molecule has 0 radical (unpaired) electrons. The van der Waals surface area contributed by atoms with Crippen LogP contribution in [-0.4, -0.2) is 35.8 Å². The first-order chi connectivity index (χ1) is 13.7. The zero-order valence-electron chi connectivity index (χ0n) is 16.1. The van der Waals surface area contributed by atoms with Crippen LogP contribution in [0.5, 0.6) is 0 Å². The minimum atomic E-state index is -4.42. The van der Waals surface area contributed by atoms with E-state index in [2.05, 4.69) is 5.32 Å². The van der Waals surface area contributed by atoms with Crippen molar-refractivity contribution in [2.75, 3.05) is 13.1 Å². The fourth-order valence-corrected chi connectivity index (χ4v) is 3.51. The molecular formula is C22H23F3N2O2. The van der Waals surface area contributed by atoms with Crippen molar-refractivity contribution in [2.24, 2.45) is 0 Å². The molecule has 0 saturated carbocycles. The number of carbonyl (C=O) groups excluding carboxylic acids is 2. The van der Waals surface area contributed by atoms with E-state index in [-0.39, 0.29) is 24.3 Å². The Morgan fingerprint density at radius 2 is 1.76 bits per heavy atom. The Balaban J connectivity index is 1.52. The topological polar surface area (TPSA) is 49.4 Å². The molecule has 0 spiro atoms. The van der Waals surface area contributed by atoms with E-state index < -0.39 is 11.7 Å². The van der Waals surface area contributed by atoms with Gasteiger partial charge in [0.1, 0.15) is 0 Å². The summed E-state index contributed by atoms with van der Waals surface area (Å²) in [5, 5.41) is 3.01. The monoisotopic (exact) mass is 404 g/mol. The highest BCUT2D eigenvalue weighted by atomic mass is 19.4. The van der Waals surface area contributed by atoms with Crippen LogP contribution in [0, 0.1) is 6.92 Å². The van der Waals surface area contributed by atoms with E-state index >= 15 is 0 Å². The van der Waals surface area contributed by atoms with Gasteiger partial charge in [-0.1, -0.05) is 36.4 Å². The minimum Gasteiger partial charge on any atom is -0.349 e. The molecule has 4 nitrogen and oxygen atoms in total. The van der Waals surface area contributed by atoms with Crippen LogP contribution in [0.3, 0.4) is 0 Å². The Bertz CT molecular complexity index is 888. The summed E-state index contributed by atoms with van der Waals surface area (Å²) in [5.41, 5.74) is 1.13. The van der Waals surface area contributed by atoms with Gasteiger partial charge in [-0.3, -0.25) is 9.59 Å². The summed E-state index contributed by atoms with van der Waals surface area (Å²) in [7, 11) is 0. The highest BCUT2D eigenvalue weighted by molar-refractivity contribution is 5.95. The fourth-order valence-electron chi connectivity index (χ4n) is 3.51. The Morgan fingerprint density at radius 3 is 2.41 bits per heavy atom. The first-order valence-corrected chi connectivity index (χ1v) is 9.54. The van der Waals surface area contributed by atoms with Crippen molar-refractivity contribution >= 4 is 11.8 Å². The largest absolute Gasteiger partial charge is 0.416 e. The van der Waals surface area contributed by atoms with Crippen LogP contribution >= 0.6 is 0 Å². The number of aryl methyl sites for hydroxylation is 1. The van der Waals surface area contributed by atoms with Gasteiger partial charge in [-0.2, -0.15) is 13.2 Å². The molecule has 2 aromatic rings. The maximum atomic E-state index is 12.8. The van der Waals surface area contributed by atoms with Crippen molar-refractivity contribution in [3.8, 4) is 0 Å². The van der Waals surface area contributed by atoms with E-state index in [0.717, 1.165) is 17.7 Å². The van der Waals surface area contributed by atoms with Gasteiger partial charge in [0, 0.05) is 24.7 Å². The smallest absolute Gasteiger partial charge is 0.349 e. The number of carbonyl (C=O) groups is 2. The predicted octanol–water partition coefficient (Wildman–Crippen LogP) is 3.98. The molecule has 2 aromatic carbocycles. The number of alkyl halides is 3. The second kappa shape index (κ2) is 8.68. The van der Waals surface area contributed by atoms with Crippen molar-refractivity contribution in [3.63, 3.8) is 0 Å². The molecule has 154 valence electrons. The second-order valence-electron chi connectivity index (χ2n) is 7.32. The molecule has 2 amide bonds. The number of hydrogen-bond donors (Lipinski definition) is 1. The maximum absolute atomic E-state index is 12.8. The average Bonchev–Trinajstić information content (AvgIpc) is 2.68. The molecule has 7 heteroatoms. The normalized spacial score (nSPS) is 15.2. The standard InChI is InChI=1S/C22H23F3N2O2/c1-15-5-2-3-8-19(15)21(29)26-18-9-11-27(12-10-18)20(28)14-16-6-4-7-17(13-16)22(23,24)25/h2-8,13,18H,9-12,14H2,1H3,(H,26,29). The Kier molecular flexibility index (Phi) is 6.25. The lowest BCUT2D eigenvalue weighted by Crippen LogP contribution is -2.47. The average molecular weight is 404 g/mol. The molecule has 1 aliphatic heterocycles. The third-order valence-corrected chi connectivity index (χ3v) is 5.18. The van der Waals surface area contributed by atoms with Gasteiger partial charge in [-0.25, -0.2) is 0 Å². The first kappa shape index (κ1) is 20.9. The molecule has 29 heavy (non-hydrogen) atoms. The first-order valence-electron chi connectivity index (χ1n) is 9.54. The van der Waals surface area contributed by atoms with E-state index in [9.17, 15) is 22.8 Å². The van der Waals surface area contributed by atoms with Crippen LogP contribution in [0.15, 0.2) is 48.5 Å². The van der Waals surface area contributed by atoms with Gasteiger partial charge in [-0.05, 0) is 43.0 Å². The number of piperidine rings is 1. The Morgan fingerprint density at radius 1 is 1.07 bits per heavy atom. The lowest BCUT2D eigenvalue weighted by molar-refractivity contribution is -0.138. The highest BCUT2D eigenvalue weighted by Crippen LogP contribution is 2.29. The van der Waals surface area contributed by atoms with Crippen molar-refractivity contribution < 1.29 is 22.8 Å². The third kappa shape index (κ3) is 5.37. The zero-order valence-corrected chi connectivity index (χ0v) is 16.1. The van der Waals surface area contributed by atoms with Crippen molar-refractivity contribution in [2.45, 2.75) is 38.4 Å². The number of likely N-dealkylation sites (tertiary alicyclic amines) is 1. The molecule has 1 aliphatic rings. The quantitative estimate of drug-likeness (QED) is 0.838. The van der Waals surface area contributed by atoms with Gasteiger partial charge in [0.15, 0.2) is 0 Å². The summed E-state index contributed by atoms with van der Waals surface area (Å²) in [5.74, 6) is -0.329. The molecule has 1 N–H and O–H groups in total. The molecule has 0 atom stereocenters. The predicted molar refractivity (Wildman–Crippen MR) is 103 cm³/mol. The third-order valence-electron chi connectivity index (χ3n) is 5.18. The summed E-state index contributed by atoms with van der Waals surface area (Å²) < 4.78 is 38.5. The summed E-state index contributed by atoms with van der Waals surface area (Å²) in [6.07, 6.45) is -3.26. The van der Waals surface area contributed by atoms with E-state index in [1.807, 2.05) is 25.1 Å². The van der Waals surface area contributed by atoms with Gasteiger partial charge < -0.3 is 10.2 Å². The van der Waals surface area contributed by atoms with E-state index in [4.69, 9.17) is 0 Å². The van der Waals surface area contributed by atoms with Gasteiger partial charge >= 0.3 is 6.18 Å². The number of rotatable bonds is 4. The number of nitrogens with zero attached hydrogens (tertiary/aromatic N) is 1. The van der Waals surface area contributed by atoms with Gasteiger partial charge in [0.2, 0.25) is 5.91 Å². The van der Waals surface area contributed by atoms with Crippen LogP contribution in [0.4, 0.5) is 13.2 Å². The van der Waals surface area contributed by atoms with Crippen molar-refractivity contribution in [3.05, 3.63) is 70.8 Å². The van der Waals surface area contributed by atoms with Gasteiger partial charge in [0.05, 0.1) is 12.0 Å². The molecule has 0 aliphatic carbocycles. The molecule has 1 fully saturated rings. The lowest BCUT2D eigenvalue weighted by atomic mass is 10.0. The van der Waals surface area contributed by atoms with Crippen molar-refractivity contribution in [1.82, 2.24) is 10.2 Å². The number of benzene rings is 2. The molecule has 3 rings (SSSR count). The zero-order chi connectivity index (χ0) is 21.0. The molecule has 0 aromatic heterocycles. The number of amides is 2. The lowest BCUT2D eigenvalue weighted by Gasteiger charge is -2.32. The van der Waals surface area contributed by atoms with E-state index in [1.165, 1.54) is 12.1 Å². The molecule has 0 bridgehead atoms. The number of hydrogen-bond acceptors (Lipinski definition) is 2. The Labute approximate surface area is 167 Å². The van der Waals surface area contributed by atoms with E-state index in [1.54, 1.807) is 11.0 Å². The summed E-state index contributed by atoms with van der Waals surface area (Å²) in [6.45, 7) is 2.82. The summed E-state index contributed by atoms with van der Waals surface area (Å²) in [4.78, 5) is 26.6. The number of halogens is 3. The maximum Gasteiger partial charge on any atom is 0.416 e. The number of nitrogens with one attached hydrogen (secondary N) is 1. The Hall–Kier alpha value is -2.83. The molecular weight excluding hydrogens is 381 g/mol. The van der Waals surface area contributed by atoms with Gasteiger partial charge in [-0.15, -0.1) is 0 Å². The van der Waals surface area contributed by atoms with Crippen LogP contribution in [0.25, 0.3) is 0 Å². The molecule has 1 heterocycles. The van der Waals surface area contributed by atoms with Crippen LogP contribution in [0.2, 0.25) is 0 Å². The SMILES string of the molecule is Cc1ccccc1C(=O)NC1CCN(C(=O)Cc2cccc(C(F)(F)F)c2)CC1. The second-order valence-corrected chi connectivity index (χ2v) is 7.32. The summed E-state index contributed by atoms with van der Waals surface area (Å²) in [6, 6.07) is 12.2. The molecule has 1 saturated heterocycles. The molecule has 0 unspecified atom stereocenters. The minimum absolute atomic E-state index is 0.0280.